The van der Waals surface area contributed by atoms with Gasteiger partial charge in [-0.3, -0.25) is 0 Å². The monoisotopic (exact) mass is 228 g/mol. The Bertz CT molecular complexity index is 396. The summed E-state index contributed by atoms with van der Waals surface area (Å²) in [5.41, 5.74) is 8.96. The number of carbonyl (C=O) groups excluding carboxylic acids is 1. The van der Waals surface area contributed by atoms with E-state index in [4.69, 9.17) is 17.3 Å². The second-order valence-electron chi connectivity index (χ2n) is 3.23. The Morgan fingerprint density at radius 1 is 1.73 bits per heavy atom. The standard InChI is InChI=1S/C10H13ClN2O2/c1-7(4-11)5-13-6-8(12)3-9(13)10(14)15-2/h3-4,6H,5,12H2,1-2H3. The molecular formula is C10H13ClN2O2. The van der Waals surface area contributed by atoms with E-state index in [9.17, 15) is 4.79 Å². The number of carbonyl (C=O) groups is 1. The first-order chi connectivity index (χ1) is 7.08. The molecule has 1 heterocycles. The van der Waals surface area contributed by atoms with Crippen LogP contribution in [0.1, 0.15) is 17.4 Å². The van der Waals surface area contributed by atoms with Crippen molar-refractivity contribution >= 4 is 23.3 Å². The van der Waals surface area contributed by atoms with E-state index in [-0.39, 0.29) is 0 Å². The van der Waals surface area contributed by atoms with Crippen molar-refractivity contribution in [3.8, 4) is 0 Å². The highest BCUT2D eigenvalue weighted by Gasteiger charge is 2.12. The fourth-order valence-electron chi connectivity index (χ4n) is 1.24. The van der Waals surface area contributed by atoms with Crippen LogP contribution in [0.5, 0.6) is 0 Å². The minimum absolute atomic E-state index is 0.408. The van der Waals surface area contributed by atoms with Gasteiger partial charge in [0.2, 0.25) is 0 Å². The Morgan fingerprint density at radius 3 is 2.93 bits per heavy atom. The Morgan fingerprint density at radius 2 is 2.40 bits per heavy atom. The molecule has 82 valence electrons. The van der Waals surface area contributed by atoms with Crippen molar-refractivity contribution < 1.29 is 9.53 Å². The number of hydrogen-bond acceptors (Lipinski definition) is 3. The predicted molar refractivity (Wildman–Crippen MR) is 59.8 cm³/mol. The van der Waals surface area contributed by atoms with E-state index < -0.39 is 5.97 Å². The number of allylic oxidation sites excluding steroid dienone is 1. The van der Waals surface area contributed by atoms with Gasteiger partial charge in [-0.2, -0.15) is 0 Å². The van der Waals surface area contributed by atoms with Crippen molar-refractivity contribution in [1.29, 1.82) is 0 Å². The van der Waals surface area contributed by atoms with Crippen LogP contribution in [0.15, 0.2) is 23.4 Å². The van der Waals surface area contributed by atoms with Gasteiger partial charge in [-0.05, 0) is 18.6 Å². The minimum atomic E-state index is -0.408. The quantitative estimate of drug-likeness (QED) is 0.805. The van der Waals surface area contributed by atoms with E-state index in [0.29, 0.717) is 17.9 Å². The van der Waals surface area contributed by atoms with Crippen LogP contribution in [0.2, 0.25) is 0 Å². The molecular weight excluding hydrogens is 216 g/mol. The molecule has 4 nitrogen and oxygen atoms in total. The molecule has 0 aliphatic rings. The van der Waals surface area contributed by atoms with Crippen molar-refractivity contribution in [2.45, 2.75) is 13.5 Å². The van der Waals surface area contributed by atoms with E-state index >= 15 is 0 Å². The van der Waals surface area contributed by atoms with E-state index in [0.717, 1.165) is 5.57 Å². The maximum Gasteiger partial charge on any atom is 0.354 e. The summed E-state index contributed by atoms with van der Waals surface area (Å²) in [6.07, 6.45) is 1.68. The Hall–Kier alpha value is -1.42. The first kappa shape index (κ1) is 11.7. The van der Waals surface area contributed by atoms with Gasteiger partial charge >= 0.3 is 5.97 Å². The molecule has 0 aromatic carbocycles. The first-order valence-electron chi connectivity index (χ1n) is 4.38. The van der Waals surface area contributed by atoms with Crippen molar-refractivity contribution in [3.05, 3.63) is 29.1 Å². The third-order valence-corrected chi connectivity index (χ3v) is 2.29. The summed E-state index contributed by atoms with van der Waals surface area (Å²) in [6.45, 7) is 2.38. The van der Waals surface area contributed by atoms with Gasteiger partial charge in [0, 0.05) is 18.3 Å². The van der Waals surface area contributed by atoms with Crippen LogP contribution in [0, 0.1) is 0 Å². The molecule has 1 aromatic rings. The number of anilines is 1. The highest BCUT2D eigenvalue weighted by Crippen LogP contribution is 2.14. The number of methoxy groups -OCH3 is 1. The van der Waals surface area contributed by atoms with Crippen molar-refractivity contribution in [2.75, 3.05) is 12.8 Å². The fraction of sp³-hybridized carbons (Fsp3) is 0.300. The lowest BCUT2D eigenvalue weighted by Crippen LogP contribution is -2.10. The van der Waals surface area contributed by atoms with Crippen LogP contribution >= 0.6 is 11.6 Å². The second kappa shape index (κ2) is 4.89. The number of nitrogens with zero attached hydrogens (tertiary/aromatic N) is 1. The zero-order valence-electron chi connectivity index (χ0n) is 8.66. The van der Waals surface area contributed by atoms with Gasteiger partial charge in [-0.25, -0.2) is 4.79 Å². The van der Waals surface area contributed by atoms with Gasteiger partial charge in [-0.1, -0.05) is 11.6 Å². The third kappa shape index (κ3) is 2.76. The van der Waals surface area contributed by atoms with E-state index in [1.165, 1.54) is 12.6 Å². The molecule has 0 atom stereocenters. The number of rotatable bonds is 3. The number of aromatic nitrogens is 1. The van der Waals surface area contributed by atoms with E-state index in [1.807, 2.05) is 6.92 Å². The predicted octanol–water partition coefficient (Wildman–Crippen LogP) is 2.00. The van der Waals surface area contributed by atoms with E-state index in [1.54, 1.807) is 16.8 Å². The van der Waals surface area contributed by atoms with Crippen LogP contribution in [0.3, 0.4) is 0 Å². The maximum absolute atomic E-state index is 11.4. The lowest BCUT2D eigenvalue weighted by atomic mass is 10.3. The Balaban J connectivity index is 3.01. The topological polar surface area (TPSA) is 57.2 Å². The molecule has 0 aliphatic heterocycles. The smallest absolute Gasteiger partial charge is 0.354 e. The molecule has 0 amide bonds. The molecule has 0 saturated heterocycles. The molecule has 0 saturated carbocycles. The van der Waals surface area contributed by atoms with Crippen molar-refractivity contribution in [2.24, 2.45) is 0 Å². The van der Waals surface area contributed by atoms with Crippen molar-refractivity contribution in [3.63, 3.8) is 0 Å². The molecule has 0 spiro atoms. The molecule has 15 heavy (non-hydrogen) atoms. The third-order valence-electron chi connectivity index (χ3n) is 1.92. The summed E-state index contributed by atoms with van der Waals surface area (Å²) in [4.78, 5) is 11.4. The highest BCUT2D eigenvalue weighted by molar-refractivity contribution is 6.25. The highest BCUT2D eigenvalue weighted by atomic mass is 35.5. The van der Waals surface area contributed by atoms with Crippen LogP contribution in [-0.2, 0) is 11.3 Å². The molecule has 1 aromatic heterocycles. The summed E-state index contributed by atoms with van der Waals surface area (Å²) >= 11 is 5.55. The number of nitrogens with two attached hydrogens (primary N) is 1. The lowest BCUT2D eigenvalue weighted by molar-refractivity contribution is 0.0589. The summed E-state index contributed by atoms with van der Waals surface area (Å²) in [5.74, 6) is -0.408. The average Bonchev–Trinajstić information content (AvgIpc) is 2.58. The van der Waals surface area contributed by atoms with Crippen LogP contribution in [-0.4, -0.2) is 17.6 Å². The summed E-state index contributed by atoms with van der Waals surface area (Å²) in [6, 6.07) is 1.58. The fourth-order valence-corrected chi connectivity index (χ4v) is 1.31. The molecule has 0 aliphatic carbocycles. The second-order valence-corrected chi connectivity index (χ2v) is 3.45. The van der Waals surface area contributed by atoms with Gasteiger partial charge in [0.1, 0.15) is 5.69 Å². The molecule has 5 heteroatoms. The number of halogens is 1. The zero-order valence-corrected chi connectivity index (χ0v) is 9.41. The number of hydrogen-bond donors (Lipinski definition) is 1. The van der Waals surface area contributed by atoms with Gasteiger partial charge in [0.25, 0.3) is 0 Å². The summed E-state index contributed by atoms with van der Waals surface area (Å²) in [5, 5.41) is 0. The summed E-state index contributed by atoms with van der Waals surface area (Å²) < 4.78 is 6.34. The van der Waals surface area contributed by atoms with E-state index in [2.05, 4.69) is 4.74 Å². The molecule has 0 bridgehead atoms. The SMILES string of the molecule is COC(=O)c1cc(N)cn1CC(C)=CCl. The van der Waals surface area contributed by atoms with Crippen molar-refractivity contribution in [1.82, 2.24) is 4.57 Å². The largest absolute Gasteiger partial charge is 0.464 e. The molecule has 0 fully saturated rings. The molecule has 0 radical (unpaired) electrons. The summed E-state index contributed by atoms with van der Waals surface area (Å²) in [7, 11) is 1.33. The lowest BCUT2D eigenvalue weighted by Gasteiger charge is -2.06. The Kier molecular flexibility index (Phi) is 3.80. The van der Waals surface area contributed by atoms with Crippen LogP contribution in [0.25, 0.3) is 0 Å². The number of ether oxygens (including phenoxy) is 1. The van der Waals surface area contributed by atoms with Gasteiger partial charge < -0.3 is 15.0 Å². The van der Waals surface area contributed by atoms with Crippen LogP contribution in [0.4, 0.5) is 5.69 Å². The Labute approximate surface area is 93.3 Å². The average molecular weight is 229 g/mol. The van der Waals surface area contributed by atoms with Gasteiger partial charge in [-0.15, -0.1) is 0 Å². The first-order valence-corrected chi connectivity index (χ1v) is 4.82. The van der Waals surface area contributed by atoms with Gasteiger partial charge in [0.05, 0.1) is 12.8 Å². The molecule has 2 N–H and O–H groups in total. The molecule has 1 rings (SSSR count). The zero-order chi connectivity index (χ0) is 11.4. The number of nitrogen functional groups attached to an aromatic ring is 1. The van der Waals surface area contributed by atoms with Gasteiger partial charge in [0.15, 0.2) is 0 Å². The van der Waals surface area contributed by atoms with Crippen LogP contribution < -0.4 is 5.73 Å². The normalized spacial score (nSPS) is 11.5. The number of esters is 1. The molecule has 0 unspecified atom stereocenters. The minimum Gasteiger partial charge on any atom is -0.464 e. The maximum atomic E-state index is 11.4.